The van der Waals surface area contributed by atoms with E-state index in [0.29, 0.717) is 6.61 Å². The van der Waals surface area contributed by atoms with E-state index < -0.39 is 8.32 Å². The van der Waals surface area contributed by atoms with Crippen molar-refractivity contribution < 1.29 is 18.7 Å². The molecular weight excluding hydrogens is 392 g/mol. The van der Waals surface area contributed by atoms with Crippen LogP contribution < -0.4 is 0 Å². The molecule has 0 radical (unpaired) electrons. The summed E-state index contributed by atoms with van der Waals surface area (Å²) < 4.78 is 19.3. The Kier molecular flexibility index (Phi) is 7.43. The molecule has 0 N–H and O–H groups in total. The average Bonchev–Trinajstić information content (AvgIpc) is 2.58. The number of carbonyl (C=O) groups is 1. The summed E-state index contributed by atoms with van der Waals surface area (Å²) in [6.45, 7) is 24.6. The van der Waals surface area contributed by atoms with Crippen molar-refractivity contribution in [2.75, 3.05) is 6.61 Å². The van der Waals surface area contributed by atoms with Crippen molar-refractivity contribution in [3.05, 3.63) is 11.1 Å². The predicted molar refractivity (Wildman–Crippen MR) is 126 cm³/mol. The third-order valence-electron chi connectivity index (χ3n) is 7.88. The van der Waals surface area contributed by atoms with E-state index in [2.05, 4.69) is 61.6 Å². The van der Waals surface area contributed by atoms with E-state index in [1.165, 1.54) is 11.1 Å². The molecule has 3 atom stereocenters. The Hall–Kier alpha value is -0.653. The highest BCUT2D eigenvalue weighted by atomic mass is 28.4. The van der Waals surface area contributed by atoms with E-state index in [9.17, 15) is 4.79 Å². The lowest BCUT2D eigenvalue weighted by Crippen LogP contribution is -2.57. The SMILES string of the molecule is CC1=C(COC(=O)C(C)C)C2(C)CCC(C(C)(C)O[Si](C)(C)C(C)(C)C)OC2CC1. The fraction of sp³-hybridized carbons (Fsp3) is 0.880. The summed E-state index contributed by atoms with van der Waals surface area (Å²) in [4.78, 5) is 12.1. The molecule has 5 heteroatoms. The molecule has 1 aliphatic carbocycles. The molecule has 4 nitrogen and oxygen atoms in total. The number of carbonyl (C=O) groups excluding carboxylic acids is 1. The van der Waals surface area contributed by atoms with Crippen LogP contribution in [0.3, 0.4) is 0 Å². The molecule has 2 aliphatic rings. The fourth-order valence-corrected chi connectivity index (χ4v) is 6.47. The monoisotopic (exact) mass is 438 g/mol. The molecule has 1 saturated heterocycles. The molecule has 2 rings (SSSR count). The number of allylic oxidation sites excluding steroid dienone is 1. The van der Waals surface area contributed by atoms with Crippen LogP contribution in [-0.2, 0) is 18.7 Å². The molecule has 0 spiro atoms. The summed E-state index contributed by atoms with van der Waals surface area (Å²) in [5, 5.41) is 0.172. The van der Waals surface area contributed by atoms with Crippen molar-refractivity contribution >= 4 is 14.3 Å². The molecule has 1 fully saturated rings. The zero-order valence-corrected chi connectivity index (χ0v) is 22.4. The molecule has 3 unspecified atom stereocenters. The first-order valence-corrected chi connectivity index (χ1v) is 14.6. The first-order valence-electron chi connectivity index (χ1n) is 11.7. The van der Waals surface area contributed by atoms with Gasteiger partial charge in [0.15, 0.2) is 8.32 Å². The number of rotatable bonds is 6. The second-order valence-electron chi connectivity index (χ2n) is 12.1. The van der Waals surface area contributed by atoms with E-state index in [0.717, 1.165) is 25.7 Å². The van der Waals surface area contributed by atoms with E-state index in [4.69, 9.17) is 13.9 Å². The number of esters is 1. The van der Waals surface area contributed by atoms with Crippen molar-refractivity contribution in [2.24, 2.45) is 11.3 Å². The molecule has 0 saturated carbocycles. The standard InChI is InChI=1S/C25H46O4Si/c1-17(2)22(26)27-16-19-18(3)12-13-21-25(19,9)15-14-20(28-21)24(7,8)29-30(10,11)23(4,5)6/h17,20-21H,12-16H2,1-11H3. The van der Waals surface area contributed by atoms with Gasteiger partial charge in [-0.05, 0) is 70.2 Å². The fourth-order valence-electron chi connectivity index (χ4n) is 4.71. The maximum absolute atomic E-state index is 12.1. The van der Waals surface area contributed by atoms with Crippen LogP contribution in [0.2, 0.25) is 18.1 Å². The van der Waals surface area contributed by atoms with Crippen LogP contribution in [0, 0.1) is 11.3 Å². The van der Waals surface area contributed by atoms with Crippen molar-refractivity contribution in [3.63, 3.8) is 0 Å². The average molecular weight is 439 g/mol. The third kappa shape index (κ3) is 5.21. The number of hydrogen-bond acceptors (Lipinski definition) is 4. The molecule has 0 bridgehead atoms. The van der Waals surface area contributed by atoms with E-state index in [1.807, 2.05) is 13.8 Å². The summed E-state index contributed by atoms with van der Waals surface area (Å²) in [6, 6.07) is 0. The van der Waals surface area contributed by atoms with Gasteiger partial charge in [0.1, 0.15) is 6.61 Å². The maximum Gasteiger partial charge on any atom is 0.308 e. The zero-order valence-electron chi connectivity index (χ0n) is 21.4. The lowest BCUT2D eigenvalue weighted by molar-refractivity contribution is -0.177. The molecule has 1 heterocycles. The summed E-state index contributed by atoms with van der Waals surface area (Å²) >= 11 is 0. The lowest BCUT2D eigenvalue weighted by atomic mass is 9.64. The largest absolute Gasteiger partial charge is 0.461 e. The second kappa shape index (κ2) is 8.71. The van der Waals surface area contributed by atoms with Gasteiger partial charge in [-0.25, -0.2) is 0 Å². The first kappa shape index (κ1) is 25.6. The highest BCUT2D eigenvalue weighted by molar-refractivity contribution is 6.74. The Morgan fingerprint density at radius 2 is 1.80 bits per heavy atom. The summed E-state index contributed by atoms with van der Waals surface area (Å²) in [5.41, 5.74) is 2.26. The van der Waals surface area contributed by atoms with Gasteiger partial charge in [0.25, 0.3) is 0 Å². The second-order valence-corrected chi connectivity index (χ2v) is 16.8. The van der Waals surface area contributed by atoms with E-state index in [1.54, 1.807) is 0 Å². The Morgan fingerprint density at radius 3 is 2.33 bits per heavy atom. The van der Waals surface area contributed by atoms with Gasteiger partial charge in [0.05, 0.1) is 23.7 Å². The first-order chi connectivity index (χ1) is 13.5. The van der Waals surface area contributed by atoms with E-state index >= 15 is 0 Å². The smallest absolute Gasteiger partial charge is 0.308 e. The van der Waals surface area contributed by atoms with Gasteiger partial charge in [-0.3, -0.25) is 4.79 Å². The molecule has 0 aromatic rings. The van der Waals surface area contributed by atoms with Crippen LogP contribution in [0.15, 0.2) is 11.1 Å². The van der Waals surface area contributed by atoms with Crippen LogP contribution in [0.5, 0.6) is 0 Å². The van der Waals surface area contributed by atoms with Crippen LogP contribution in [0.1, 0.15) is 88.0 Å². The van der Waals surface area contributed by atoms with Crippen molar-refractivity contribution in [2.45, 2.75) is 124 Å². The van der Waals surface area contributed by atoms with E-state index in [-0.39, 0.29) is 40.1 Å². The van der Waals surface area contributed by atoms with Gasteiger partial charge < -0.3 is 13.9 Å². The lowest BCUT2D eigenvalue weighted by Gasteiger charge is -2.53. The normalized spacial score (nSPS) is 28.5. The summed E-state index contributed by atoms with van der Waals surface area (Å²) in [7, 11) is -1.89. The van der Waals surface area contributed by atoms with Gasteiger partial charge in [-0.2, -0.15) is 0 Å². The Labute approximate surface area is 186 Å². The molecule has 0 aromatic heterocycles. The molecule has 0 amide bonds. The minimum atomic E-state index is -1.89. The highest BCUT2D eigenvalue weighted by Crippen LogP contribution is 2.51. The minimum absolute atomic E-state index is 0.0663. The maximum atomic E-state index is 12.1. The molecule has 0 aromatic carbocycles. The van der Waals surface area contributed by atoms with Gasteiger partial charge in [0.2, 0.25) is 0 Å². The molecular formula is C25H46O4Si. The minimum Gasteiger partial charge on any atom is -0.461 e. The number of ether oxygens (including phenoxy) is 2. The molecule has 174 valence electrons. The van der Waals surface area contributed by atoms with Crippen molar-refractivity contribution in [3.8, 4) is 0 Å². The van der Waals surface area contributed by atoms with Crippen LogP contribution in [0.4, 0.5) is 0 Å². The van der Waals surface area contributed by atoms with Crippen LogP contribution >= 0.6 is 0 Å². The Bertz CT molecular complexity index is 671. The molecule has 1 aliphatic heterocycles. The topological polar surface area (TPSA) is 44.8 Å². The Balaban J connectivity index is 2.16. The zero-order chi connectivity index (χ0) is 23.1. The van der Waals surface area contributed by atoms with Gasteiger partial charge in [0, 0.05) is 5.41 Å². The number of fused-ring (bicyclic) bond motifs is 1. The van der Waals surface area contributed by atoms with Crippen LogP contribution in [0.25, 0.3) is 0 Å². The van der Waals surface area contributed by atoms with Gasteiger partial charge >= 0.3 is 5.97 Å². The van der Waals surface area contributed by atoms with Gasteiger partial charge in [-0.15, -0.1) is 0 Å². The summed E-state index contributed by atoms with van der Waals surface area (Å²) in [6.07, 6.45) is 4.27. The highest BCUT2D eigenvalue weighted by Gasteiger charge is 2.51. The quantitative estimate of drug-likeness (QED) is 0.264. The summed E-state index contributed by atoms with van der Waals surface area (Å²) in [5.74, 6) is -0.224. The predicted octanol–water partition coefficient (Wildman–Crippen LogP) is 6.65. The van der Waals surface area contributed by atoms with Gasteiger partial charge in [-0.1, -0.05) is 47.1 Å². The van der Waals surface area contributed by atoms with Crippen molar-refractivity contribution in [1.29, 1.82) is 0 Å². The third-order valence-corrected chi connectivity index (χ3v) is 12.5. The van der Waals surface area contributed by atoms with Crippen molar-refractivity contribution in [1.82, 2.24) is 0 Å². The Morgan fingerprint density at radius 1 is 1.20 bits per heavy atom. The van der Waals surface area contributed by atoms with Crippen LogP contribution in [-0.4, -0.2) is 38.7 Å². The molecule has 30 heavy (non-hydrogen) atoms. The number of hydrogen-bond donors (Lipinski definition) is 0.